The normalized spacial score (nSPS) is 15.9. The number of methoxy groups -OCH3 is 1. The highest BCUT2D eigenvalue weighted by atomic mass is 32.1. The Labute approximate surface area is 109 Å². The first-order valence-electron chi connectivity index (χ1n) is 5.97. The summed E-state index contributed by atoms with van der Waals surface area (Å²) in [5.74, 6) is 1.08. The molecule has 2 aromatic heterocycles. The Morgan fingerprint density at radius 1 is 1.44 bits per heavy atom. The number of aromatic nitrogens is 2. The lowest BCUT2D eigenvalue weighted by Gasteiger charge is -2.01. The predicted octanol–water partition coefficient (Wildman–Crippen LogP) is 2.58. The molecule has 0 bridgehead atoms. The maximum atomic E-state index is 6.06. The van der Waals surface area contributed by atoms with Crippen LogP contribution in [0.25, 0.3) is 11.5 Å². The Morgan fingerprint density at radius 2 is 2.28 bits per heavy atom. The number of hydrogen-bond acceptors (Lipinski definition) is 6. The van der Waals surface area contributed by atoms with Gasteiger partial charge in [0.1, 0.15) is 6.10 Å². The minimum atomic E-state index is -0.171. The molecule has 0 aliphatic heterocycles. The fraction of sp³-hybridized carbons (Fsp3) is 0.500. The summed E-state index contributed by atoms with van der Waals surface area (Å²) in [7, 11) is 1.62. The Bertz CT molecular complexity index is 576. The summed E-state index contributed by atoms with van der Waals surface area (Å²) < 4.78 is 10.5. The summed E-state index contributed by atoms with van der Waals surface area (Å²) in [6.45, 7) is 1.88. The van der Waals surface area contributed by atoms with Gasteiger partial charge in [-0.2, -0.15) is 4.98 Å². The van der Waals surface area contributed by atoms with E-state index in [1.165, 1.54) is 16.9 Å². The Balaban J connectivity index is 2.02. The first kappa shape index (κ1) is 11.7. The van der Waals surface area contributed by atoms with E-state index in [9.17, 15) is 0 Å². The molecular formula is C12H15N3O2S. The molecule has 2 N–H and O–H groups in total. The predicted molar refractivity (Wildman–Crippen MR) is 69.5 cm³/mol. The SMILES string of the molecule is COC(C)c1noc(-c2c(N)sc3c2CCC3)n1. The lowest BCUT2D eigenvalue weighted by molar-refractivity contribution is 0.109. The van der Waals surface area contributed by atoms with Gasteiger partial charge in [0, 0.05) is 12.0 Å². The maximum absolute atomic E-state index is 6.06. The van der Waals surface area contributed by atoms with Crippen LogP contribution in [0.15, 0.2) is 4.52 Å². The van der Waals surface area contributed by atoms with E-state index in [0.717, 1.165) is 23.4 Å². The first-order valence-corrected chi connectivity index (χ1v) is 6.79. The van der Waals surface area contributed by atoms with Crippen LogP contribution in [0.1, 0.15) is 35.7 Å². The molecule has 96 valence electrons. The minimum absolute atomic E-state index is 0.171. The summed E-state index contributed by atoms with van der Waals surface area (Å²) >= 11 is 1.64. The van der Waals surface area contributed by atoms with Gasteiger partial charge in [-0.15, -0.1) is 11.3 Å². The third-order valence-electron chi connectivity index (χ3n) is 3.32. The van der Waals surface area contributed by atoms with Crippen molar-refractivity contribution in [2.75, 3.05) is 12.8 Å². The van der Waals surface area contributed by atoms with E-state index in [4.69, 9.17) is 15.0 Å². The van der Waals surface area contributed by atoms with E-state index < -0.39 is 0 Å². The van der Waals surface area contributed by atoms with E-state index in [1.807, 2.05) is 6.92 Å². The van der Waals surface area contributed by atoms with Gasteiger partial charge in [0.05, 0.1) is 10.6 Å². The lowest BCUT2D eigenvalue weighted by atomic mass is 10.1. The quantitative estimate of drug-likeness (QED) is 0.923. The van der Waals surface area contributed by atoms with Gasteiger partial charge < -0.3 is 15.0 Å². The summed E-state index contributed by atoms with van der Waals surface area (Å²) in [4.78, 5) is 5.75. The Kier molecular flexibility index (Phi) is 2.83. The molecule has 0 saturated heterocycles. The third kappa shape index (κ3) is 1.72. The number of ether oxygens (including phenoxy) is 1. The molecule has 0 spiro atoms. The van der Waals surface area contributed by atoms with E-state index >= 15 is 0 Å². The number of nitrogen functional groups attached to an aromatic ring is 1. The monoisotopic (exact) mass is 265 g/mol. The number of anilines is 1. The molecule has 1 aliphatic carbocycles. The van der Waals surface area contributed by atoms with Crippen molar-refractivity contribution in [2.24, 2.45) is 0 Å². The van der Waals surface area contributed by atoms with Gasteiger partial charge in [0.2, 0.25) is 5.82 Å². The summed E-state index contributed by atoms with van der Waals surface area (Å²) in [5.41, 5.74) is 8.29. The number of fused-ring (bicyclic) bond motifs is 1. The fourth-order valence-electron chi connectivity index (χ4n) is 2.27. The molecule has 0 amide bonds. The van der Waals surface area contributed by atoms with Gasteiger partial charge in [-0.05, 0) is 31.7 Å². The molecule has 0 aromatic carbocycles. The zero-order valence-electron chi connectivity index (χ0n) is 10.4. The molecule has 1 unspecified atom stereocenters. The molecular weight excluding hydrogens is 250 g/mol. The van der Waals surface area contributed by atoms with Crippen LogP contribution >= 0.6 is 11.3 Å². The molecule has 0 saturated carbocycles. The van der Waals surface area contributed by atoms with Crippen LogP contribution in [0.5, 0.6) is 0 Å². The molecule has 2 heterocycles. The van der Waals surface area contributed by atoms with E-state index in [2.05, 4.69) is 10.1 Å². The average Bonchev–Trinajstić information content (AvgIpc) is 3.02. The van der Waals surface area contributed by atoms with Crippen molar-refractivity contribution < 1.29 is 9.26 Å². The van der Waals surface area contributed by atoms with E-state index in [1.54, 1.807) is 18.4 Å². The molecule has 1 atom stereocenters. The van der Waals surface area contributed by atoms with Crippen LogP contribution in [0.3, 0.4) is 0 Å². The van der Waals surface area contributed by atoms with Gasteiger partial charge in [-0.25, -0.2) is 0 Å². The van der Waals surface area contributed by atoms with Crippen molar-refractivity contribution in [3.05, 3.63) is 16.3 Å². The highest BCUT2D eigenvalue weighted by Crippen LogP contribution is 2.42. The van der Waals surface area contributed by atoms with Crippen molar-refractivity contribution >= 4 is 16.3 Å². The number of nitrogens with zero attached hydrogens (tertiary/aromatic N) is 2. The second kappa shape index (κ2) is 4.37. The largest absolute Gasteiger partial charge is 0.390 e. The Morgan fingerprint density at radius 3 is 3.06 bits per heavy atom. The molecule has 0 fully saturated rings. The number of thiophene rings is 1. The van der Waals surface area contributed by atoms with Crippen LogP contribution < -0.4 is 5.73 Å². The highest BCUT2D eigenvalue weighted by Gasteiger charge is 2.26. The van der Waals surface area contributed by atoms with Crippen LogP contribution in [0.4, 0.5) is 5.00 Å². The zero-order chi connectivity index (χ0) is 12.7. The molecule has 1 aliphatic rings. The molecule has 5 nitrogen and oxygen atoms in total. The topological polar surface area (TPSA) is 74.2 Å². The average molecular weight is 265 g/mol. The lowest BCUT2D eigenvalue weighted by Crippen LogP contribution is -1.98. The summed E-state index contributed by atoms with van der Waals surface area (Å²) in [5, 5.41) is 4.73. The third-order valence-corrected chi connectivity index (χ3v) is 4.44. The first-order chi connectivity index (χ1) is 8.70. The second-order valence-electron chi connectivity index (χ2n) is 4.43. The van der Waals surface area contributed by atoms with Crippen LogP contribution in [-0.2, 0) is 17.6 Å². The molecule has 6 heteroatoms. The summed E-state index contributed by atoms with van der Waals surface area (Å²) in [6, 6.07) is 0. The van der Waals surface area contributed by atoms with Gasteiger partial charge in [-0.1, -0.05) is 5.16 Å². The van der Waals surface area contributed by atoms with E-state index in [-0.39, 0.29) is 6.10 Å². The smallest absolute Gasteiger partial charge is 0.261 e. The maximum Gasteiger partial charge on any atom is 0.261 e. The van der Waals surface area contributed by atoms with Gasteiger partial charge in [0.25, 0.3) is 5.89 Å². The molecule has 2 aromatic rings. The van der Waals surface area contributed by atoms with Crippen LogP contribution in [0.2, 0.25) is 0 Å². The summed E-state index contributed by atoms with van der Waals surface area (Å²) in [6.07, 6.45) is 3.18. The minimum Gasteiger partial charge on any atom is -0.390 e. The van der Waals surface area contributed by atoms with Crippen molar-refractivity contribution in [2.45, 2.75) is 32.3 Å². The zero-order valence-corrected chi connectivity index (χ0v) is 11.2. The fourth-order valence-corrected chi connectivity index (χ4v) is 3.42. The molecule has 18 heavy (non-hydrogen) atoms. The van der Waals surface area contributed by atoms with Gasteiger partial charge in [-0.3, -0.25) is 0 Å². The van der Waals surface area contributed by atoms with Crippen molar-refractivity contribution in [3.8, 4) is 11.5 Å². The van der Waals surface area contributed by atoms with Crippen LogP contribution in [-0.4, -0.2) is 17.3 Å². The van der Waals surface area contributed by atoms with Crippen molar-refractivity contribution in [1.29, 1.82) is 0 Å². The molecule has 3 rings (SSSR count). The standard InChI is InChI=1S/C12H15N3O2S/c1-6(16-2)11-14-12(17-15-11)9-7-4-3-5-8(7)18-10(9)13/h6H,3-5,13H2,1-2H3. The van der Waals surface area contributed by atoms with Gasteiger partial charge >= 0.3 is 0 Å². The highest BCUT2D eigenvalue weighted by molar-refractivity contribution is 7.16. The van der Waals surface area contributed by atoms with Crippen molar-refractivity contribution in [3.63, 3.8) is 0 Å². The molecule has 0 radical (unpaired) electrons. The van der Waals surface area contributed by atoms with E-state index in [0.29, 0.717) is 11.7 Å². The number of aryl methyl sites for hydroxylation is 1. The van der Waals surface area contributed by atoms with Crippen LogP contribution in [0, 0.1) is 0 Å². The Hall–Kier alpha value is -1.40. The van der Waals surface area contributed by atoms with Crippen molar-refractivity contribution in [1.82, 2.24) is 10.1 Å². The number of rotatable bonds is 3. The van der Waals surface area contributed by atoms with Gasteiger partial charge in [0.15, 0.2) is 0 Å². The second-order valence-corrected chi connectivity index (χ2v) is 5.57. The number of hydrogen-bond donors (Lipinski definition) is 1. The number of nitrogens with two attached hydrogens (primary N) is 1.